The molecule has 0 spiro atoms. The molecule has 0 aliphatic rings. The van der Waals surface area contributed by atoms with Crippen LogP contribution in [-0.4, -0.2) is 4.98 Å². The zero-order valence-electron chi connectivity index (χ0n) is 8.57. The first-order valence-corrected chi connectivity index (χ1v) is 5.96. The third-order valence-corrected chi connectivity index (χ3v) is 3.16. The molecule has 78 valence electrons. The number of aromatic nitrogens is 1. The molecule has 1 N–H and O–H groups in total. The molecule has 1 heterocycles. The van der Waals surface area contributed by atoms with Gasteiger partial charge in [-0.2, -0.15) is 0 Å². The molecule has 0 aliphatic carbocycles. The lowest BCUT2D eigenvalue weighted by atomic mass is 10.1. The summed E-state index contributed by atoms with van der Waals surface area (Å²) in [6, 6.07) is 18.8. The lowest BCUT2D eigenvalue weighted by Gasteiger charge is -1.95. The summed E-state index contributed by atoms with van der Waals surface area (Å²) < 4.78 is 1.10. The van der Waals surface area contributed by atoms with Crippen molar-refractivity contribution in [1.29, 1.82) is 0 Å². The van der Waals surface area contributed by atoms with E-state index in [0.717, 1.165) is 15.7 Å². The molecule has 16 heavy (non-hydrogen) atoms. The minimum atomic E-state index is 1.10. The molecule has 0 aliphatic heterocycles. The highest BCUT2D eigenvalue weighted by atomic mass is 79.9. The van der Waals surface area contributed by atoms with Crippen molar-refractivity contribution in [1.82, 2.24) is 4.98 Å². The van der Waals surface area contributed by atoms with Gasteiger partial charge in [0.1, 0.15) is 0 Å². The summed E-state index contributed by atoms with van der Waals surface area (Å²) in [6.07, 6.45) is 0. The molecule has 1 nitrogen and oxygen atoms in total. The van der Waals surface area contributed by atoms with Crippen molar-refractivity contribution in [3.8, 4) is 11.3 Å². The van der Waals surface area contributed by atoms with Gasteiger partial charge in [-0.05, 0) is 23.8 Å². The fourth-order valence-corrected chi connectivity index (χ4v) is 2.23. The minimum Gasteiger partial charge on any atom is -0.354 e. The van der Waals surface area contributed by atoms with Gasteiger partial charge in [0.05, 0.1) is 0 Å². The highest BCUT2D eigenvalue weighted by molar-refractivity contribution is 9.10. The SMILES string of the molecule is Brc1ccc2cc(-c3ccccc3)[nH]c2c1. The van der Waals surface area contributed by atoms with Gasteiger partial charge in [0.15, 0.2) is 0 Å². The highest BCUT2D eigenvalue weighted by Crippen LogP contribution is 2.25. The Morgan fingerprint density at radius 2 is 1.69 bits per heavy atom. The second-order valence-electron chi connectivity index (χ2n) is 3.78. The maximum atomic E-state index is 3.48. The van der Waals surface area contributed by atoms with Crippen molar-refractivity contribution < 1.29 is 0 Å². The Morgan fingerprint density at radius 3 is 2.50 bits per heavy atom. The quantitative estimate of drug-likeness (QED) is 0.666. The number of benzene rings is 2. The van der Waals surface area contributed by atoms with Crippen LogP contribution in [0.3, 0.4) is 0 Å². The van der Waals surface area contributed by atoms with Gasteiger partial charge >= 0.3 is 0 Å². The Hall–Kier alpha value is -1.54. The van der Waals surface area contributed by atoms with E-state index in [1.54, 1.807) is 0 Å². The van der Waals surface area contributed by atoms with Crippen LogP contribution < -0.4 is 0 Å². The van der Waals surface area contributed by atoms with E-state index in [2.05, 4.69) is 69.4 Å². The topological polar surface area (TPSA) is 15.8 Å². The largest absolute Gasteiger partial charge is 0.354 e. The summed E-state index contributed by atoms with van der Waals surface area (Å²) in [5.41, 5.74) is 3.54. The average Bonchev–Trinajstić information content (AvgIpc) is 2.73. The van der Waals surface area contributed by atoms with Crippen LogP contribution in [0.25, 0.3) is 22.2 Å². The van der Waals surface area contributed by atoms with E-state index < -0.39 is 0 Å². The third-order valence-electron chi connectivity index (χ3n) is 2.67. The first-order valence-electron chi connectivity index (χ1n) is 5.17. The summed E-state index contributed by atoms with van der Waals surface area (Å²) in [5, 5.41) is 1.24. The Labute approximate surface area is 102 Å². The number of fused-ring (bicyclic) bond motifs is 1. The smallest absolute Gasteiger partial charge is 0.0470 e. The number of rotatable bonds is 1. The number of hydrogen-bond acceptors (Lipinski definition) is 0. The van der Waals surface area contributed by atoms with E-state index in [-0.39, 0.29) is 0 Å². The molecular weight excluding hydrogens is 262 g/mol. The normalized spacial score (nSPS) is 10.8. The zero-order valence-corrected chi connectivity index (χ0v) is 10.2. The minimum absolute atomic E-state index is 1.10. The van der Waals surface area contributed by atoms with E-state index in [1.165, 1.54) is 10.9 Å². The third kappa shape index (κ3) is 1.65. The van der Waals surface area contributed by atoms with Crippen LogP contribution in [0.2, 0.25) is 0 Å². The summed E-state index contributed by atoms with van der Waals surface area (Å²) in [7, 11) is 0. The van der Waals surface area contributed by atoms with E-state index >= 15 is 0 Å². The molecule has 0 atom stereocenters. The van der Waals surface area contributed by atoms with Gasteiger partial charge in [0.2, 0.25) is 0 Å². The molecule has 3 aromatic rings. The predicted octanol–water partition coefficient (Wildman–Crippen LogP) is 4.60. The lowest BCUT2D eigenvalue weighted by Crippen LogP contribution is -1.74. The van der Waals surface area contributed by atoms with Crippen LogP contribution in [0.4, 0.5) is 0 Å². The Balaban J connectivity index is 2.19. The standard InChI is InChI=1S/C14H10BrN/c15-12-7-6-11-8-13(16-14(11)9-12)10-4-2-1-3-5-10/h1-9,16H. The van der Waals surface area contributed by atoms with Gasteiger partial charge in [-0.25, -0.2) is 0 Å². The Morgan fingerprint density at radius 1 is 0.875 bits per heavy atom. The monoisotopic (exact) mass is 271 g/mol. The fourth-order valence-electron chi connectivity index (χ4n) is 1.87. The molecule has 0 fully saturated rings. The molecule has 0 unspecified atom stereocenters. The fraction of sp³-hybridized carbons (Fsp3) is 0. The zero-order chi connectivity index (χ0) is 11.0. The van der Waals surface area contributed by atoms with E-state index in [1.807, 2.05) is 6.07 Å². The van der Waals surface area contributed by atoms with Gasteiger partial charge in [0, 0.05) is 21.1 Å². The number of halogens is 1. The average molecular weight is 272 g/mol. The molecule has 0 saturated carbocycles. The number of H-pyrrole nitrogens is 1. The molecular formula is C14H10BrN. The van der Waals surface area contributed by atoms with Gasteiger partial charge in [-0.1, -0.05) is 52.3 Å². The summed E-state index contributed by atoms with van der Waals surface area (Å²) in [4.78, 5) is 3.42. The molecule has 0 saturated heterocycles. The van der Waals surface area contributed by atoms with Crippen LogP contribution in [-0.2, 0) is 0 Å². The first kappa shape index (κ1) is 9.67. The molecule has 0 radical (unpaired) electrons. The maximum absolute atomic E-state index is 3.48. The van der Waals surface area contributed by atoms with Crippen LogP contribution in [0, 0.1) is 0 Å². The van der Waals surface area contributed by atoms with Crippen molar-refractivity contribution >= 4 is 26.8 Å². The summed E-state index contributed by atoms with van der Waals surface area (Å²) in [5.74, 6) is 0. The second-order valence-corrected chi connectivity index (χ2v) is 4.70. The number of nitrogens with one attached hydrogen (secondary N) is 1. The summed E-state index contributed by atoms with van der Waals surface area (Å²) >= 11 is 3.48. The number of aromatic amines is 1. The van der Waals surface area contributed by atoms with E-state index in [9.17, 15) is 0 Å². The molecule has 2 heteroatoms. The van der Waals surface area contributed by atoms with Crippen molar-refractivity contribution in [2.24, 2.45) is 0 Å². The first-order chi connectivity index (χ1) is 7.83. The van der Waals surface area contributed by atoms with Crippen LogP contribution in [0.5, 0.6) is 0 Å². The van der Waals surface area contributed by atoms with Gasteiger partial charge in [0.25, 0.3) is 0 Å². The van der Waals surface area contributed by atoms with Gasteiger partial charge in [-0.3, -0.25) is 0 Å². The molecule has 0 bridgehead atoms. The van der Waals surface area contributed by atoms with Gasteiger partial charge < -0.3 is 4.98 Å². The van der Waals surface area contributed by atoms with E-state index in [0.29, 0.717) is 0 Å². The maximum Gasteiger partial charge on any atom is 0.0470 e. The molecule has 0 amide bonds. The van der Waals surface area contributed by atoms with E-state index in [4.69, 9.17) is 0 Å². The Kier molecular flexibility index (Phi) is 2.29. The summed E-state index contributed by atoms with van der Waals surface area (Å²) in [6.45, 7) is 0. The van der Waals surface area contributed by atoms with Crippen molar-refractivity contribution in [3.63, 3.8) is 0 Å². The van der Waals surface area contributed by atoms with Crippen molar-refractivity contribution in [2.45, 2.75) is 0 Å². The second kappa shape index (κ2) is 3.80. The van der Waals surface area contributed by atoms with Crippen molar-refractivity contribution in [3.05, 3.63) is 59.1 Å². The van der Waals surface area contributed by atoms with Crippen LogP contribution in [0.1, 0.15) is 0 Å². The molecule has 3 rings (SSSR count). The Bertz CT molecular complexity index is 626. The predicted molar refractivity (Wildman–Crippen MR) is 71.4 cm³/mol. The lowest BCUT2D eigenvalue weighted by molar-refractivity contribution is 1.45. The molecule has 1 aromatic heterocycles. The van der Waals surface area contributed by atoms with Crippen LogP contribution >= 0.6 is 15.9 Å². The van der Waals surface area contributed by atoms with Crippen molar-refractivity contribution in [2.75, 3.05) is 0 Å². The van der Waals surface area contributed by atoms with Gasteiger partial charge in [-0.15, -0.1) is 0 Å². The number of hydrogen-bond donors (Lipinski definition) is 1. The molecule has 2 aromatic carbocycles. The van der Waals surface area contributed by atoms with Crippen LogP contribution in [0.15, 0.2) is 59.1 Å². The highest BCUT2D eigenvalue weighted by Gasteiger charge is 2.02.